The molecule has 1 N–H and O–H groups in total. The van der Waals surface area contributed by atoms with Crippen LogP contribution in [0.5, 0.6) is 0 Å². The van der Waals surface area contributed by atoms with E-state index in [1.54, 1.807) is 0 Å². The van der Waals surface area contributed by atoms with Crippen molar-refractivity contribution in [1.82, 2.24) is 0 Å². The highest BCUT2D eigenvalue weighted by Crippen LogP contribution is 2.10. The van der Waals surface area contributed by atoms with Crippen molar-refractivity contribution in [2.24, 2.45) is 0 Å². The van der Waals surface area contributed by atoms with Gasteiger partial charge >= 0.3 is 0 Å². The Bertz CT molecular complexity index is 229. The average molecular weight is 150 g/mol. The Labute approximate surface area is 65.7 Å². The van der Waals surface area contributed by atoms with Gasteiger partial charge in [-0.3, -0.25) is 5.26 Å². The van der Waals surface area contributed by atoms with E-state index in [0.29, 0.717) is 0 Å². The lowest BCUT2D eigenvalue weighted by atomic mass is 10.1. The van der Waals surface area contributed by atoms with E-state index in [9.17, 15) is 0 Å². The zero-order valence-corrected chi connectivity index (χ0v) is 6.16. The Kier molecular flexibility index (Phi) is 2.83. The zero-order chi connectivity index (χ0) is 8.10. The minimum Gasteiger partial charge on any atom is -0.251 e. The monoisotopic (exact) mass is 150 g/mol. The van der Waals surface area contributed by atoms with Crippen LogP contribution in [0.25, 0.3) is 5.57 Å². The highest BCUT2D eigenvalue weighted by molar-refractivity contribution is 5.63. The van der Waals surface area contributed by atoms with Gasteiger partial charge in [0.25, 0.3) is 0 Å². The summed E-state index contributed by atoms with van der Waals surface area (Å²) in [6, 6.07) is 9.59. The van der Waals surface area contributed by atoms with E-state index >= 15 is 0 Å². The van der Waals surface area contributed by atoms with Crippen molar-refractivity contribution >= 4 is 5.57 Å². The van der Waals surface area contributed by atoms with Crippen LogP contribution in [0.2, 0.25) is 0 Å². The van der Waals surface area contributed by atoms with Crippen molar-refractivity contribution in [2.75, 3.05) is 6.61 Å². The normalized spacial score (nSPS) is 9.55. The van der Waals surface area contributed by atoms with Crippen LogP contribution in [0, 0.1) is 0 Å². The molecule has 0 spiro atoms. The molecule has 58 valence electrons. The molecule has 0 radical (unpaired) electrons. The van der Waals surface area contributed by atoms with E-state index < -0.39 is 0 Å². The summed E-state index contributed by atoms with van der Waals surface area (Å²) < 4.78 is 0. The lowest BCUT2D eigenvalue weighted by Crippen LogP contribution is -1.91. The molecule has 0 saturated carbocycles. The fourth-order valence-corrected chi connectivity index (χ4v) is 0.835. The SMILES string of the molecule is C=C(COO)c1ccccc1. The van der Waals surface area contributed by atoms with Gasteiger partial charge in [-0.2, -0.15) is 0 Å². The van der Waals surface area contributed by atoms with E-state index in [2.05, 4.69) is 11.5 Å². The third kappa shape index (κ3) is 2.18. The van der Waals surface area contributed by atoms with E-state index in [1.165, 1.54) is 0 Å². The highest BCUT2D eigenvalue weighted by atomic mass is 17.1. The van der Waals surface area contributed by atoms with E-state index in [0.717, 1.165) is 11.1 Å². The van der Waals surface area contributed by atoms with Crippen molar-refractivity contribution in [3.8, 4) is 0 Å². The molecule has 0 unspecified atom stereocenters. The summed E-state index contributed by atoms with van der Waals surface area (Å²) in [7, 11) is 0. The fraction of sp³-hybridized carbons (Fsp3) is 0.111. The van der Waals surface area contributed by atoms with Crippen LogP contribution in [0.4, 0.5) is 0 Å². The number of benzene rings is 1. The molecule has 2 nitrogen and oxygen atoms in total. The predicted octanol–water partition coefficient (Wildman–Crippen LogP) is 2.19. The van der Waals surface area contributed by atoms with Crippen LogP contribution in [0.1, 0.15) is 5.56 Å². The Morgan fingerprint density at radius 2 is 2.00 bits per heavy atom. The number of hydrogen-bond donors (Lipinski definition) is 1. The first-order chi connectivity index (χ1) is 5.34. The molecule has 2 heteroatoms. The molecular formula is C9H10O2. The maximum atomic E-state index is 8.14. The predicted molar refractivity (Wildman–Crippen MR) is 44.1 cm³/mol. The molecule has 0 bridgehead atoms. The molecule has 0 aliphatic heterocycles. The van der Waals surface area contributed by atoms with Crippen molar-refractivity contribution < 1.29 is 10.1 Å². The van der Waals surface area contributed by atoms with Crippen LogP contribution in [-0.4, -0.2) is 11.9 Å². The molecular weight excluding hydrogens is 140 g/mol. The summed E-state index contributed by atoms with van der Waals surface area (Å²) in [4.78, 5) is 3.96. The maximum absolute atomic E-state index is 8.14. The summed E-state index contributed by atoms with van der Waals surface area (Å²) in [6.07, 6.45) is 0. The summed E-state index contributed by atoms with van der Waals surface area (Å²) in [6.45, 7) is 3.89. The first kappa shape index (κ1) is 7.98. The fourth-order valence-electron chi connectivity index (χ4n) is 0.835. The standard InChI is InChI=1S/C9H10O2/c1-8(7-11-10)9-5-3-2-4-6-9/h2-6,10H,1,7H2. The molecule has 0 aromatic heterocycles. The number of hydrogen-bond acceptors (Lipinski definition) is 2. The first-order valence-electron chi connectivity index (χ1n) is 3.34. The molecule has 11 heavy (non-hydrogen) atoms. The Hall–Kier alpha value is -1.12. The largest absolute Gasteiger partial charge is 0.251 e. The quantitative estimate of drug-likeness (QED) is 0.528. The average Bonchev–Trinajstić information content (AvgIpc) is 2.07. The molecule has 1 aromatic rings. The van der Waals surface area contributed by atoms with Crippen LogP contribution in [0.3, 0.4) is 0 Å². The van der Waals surface area contributed by atoms with Crippen molar-refractivity contribution in [1.29, 1.82) is 0 Å². The van der Waals surface area contributed by atoms with Gasteiger partial charge in [-0.05, 0) is 11.1 Å². The van der Waals surface area contributed by atoms with E-state index in [1.807, 2.05) is 30.3 Å². The van der Waals surface area contributed by atoms with Crippen LogP contribution in [0.15, 0.2) is 36.9 Å². The molecule has 0 fully saturated rings. The lowest BCUT2D eigenvalue weighted by Gasteiger charge is -2.01. The molecule has 0 amide bonds. The van der Waals surface area contributed by atoms with Gasteiger partial charge in [0.05, 0.1) is 0 Å². The second-order valence-electron chi connectivity index (χ2n) is 2.24. The van der Waals surface area contributed by atoms with Gasteiger partial charge in [0.15, 0.2) is 0 Å². The molecule has 1 aromatic carbocycles. The van der Waals surface area contributed by atoms with Gasteiger partial charge < -0.3 is 0 Å². The minimum absolute atomic E-state index is 0.157. The van der Waals surface area contributed by atoms with Gasteiger partial charge in [0.1, 0.15) is 6.61 Å². The van der Waals surface area contributed by atoms with Crippen LogP contribution in [-0.2, 0) is 4.89 Å². The van der Waals surface area contributed by atoms with E-state index in [-0.39, 0.29) is 6.61 Å². The first-order valence-corrected chi connectivity index (χ1v) is 3.34. The van der Waals surface area contributed by atoms with Gasteiger partial charge in [-0.15, -0.1) is 0 Å². The second kappa shape index (κ2) is 3.91. The zero-order valence-electron chi connectivity index (χ0n) is 6.16. The second-order valence-corrected chi connectivity index (χ2v) is 2.24. The van der Waals surface area contributed by atoms with Gasteiger partial charge in [0, 0.05) is 0 Å². The van der Waals surface area contributed by atoms with Crippen molar-refractivity contribution in [3.05, 3.63) is 42.5 Å². The highest BCUT2D eigenvalue weighted by Gasteiger charge is 1.95. The van der Waals surface area contributed by atoms with Gasteiger partial charge in [-0.1, -0.05) is 36.9 Å². The topological polar surface area (TPSA) is 29.5 Å². The molecule has 0 aliphatic rings. The van der Waals surface area contributed by atoms with Crippen molar-refractivity contribution in [2.45, 2.75) is 0 Å². The van der Waals surface area contributed by atoms with Gasteiger partial charge in [0.2, 0.25) is 0 Å². The summed E-state index contributed by atoms with van der Waals surface area (Å²) in [5.41, 5.74) is 1.76. The Morgan fingerprint density at radius 3 is 2.55 bits per heavy atom. The maximum Gasteiger partial charge on any atom is 0.107 e. The number of rotatable bonds is 3. The third-order valence-corrected chi connectivity index (χ3v) is 1.42. The van der Waals surface area contributed by atoms with Crippen LogP contribution < -0.4 is 0 Å². The Morgan fingerprint density at radius 1 is 1.36 bits per heavy atom. The van der Waals surface area contributed by atoms with Crippen molar-refractivity contribution in [3.63, 3.8) is 0 Å². The third-order valence-electron chi connectivity index (χ3n) is 1.42. The lowest BCUT2D eigenvalue weighted by molar-refractivity contribution is -0.229. The van der Waals surface area contributed by atoms with Gasteiger partial charge in [-0.25, -0.2) is 4.89 Å². The molecule has 0 heterocycles. The summed E-state index contributed by atoms with van der Waals surface area (Å²) >= 11 is 0. The molecule has 1 rings (SSSR count). The minimum atomic E-state index is 0.157. The molecule has 0 saturated heterocycles. The Balaban J connectivity index is 2.69. The molecule has 0 aliphatic carbocycles. The molecule has 0 atom stereocenters. The smallest absolute Gasteiger partial charge is 0.107 e. The summed E-state index contributed by atoms with van der Waals surface area (Å²) in [5.74, 6) is 0. The summed E-state index contributed by atoms with van der Waals surface area (Å²) in [5, 5.41) is 8.14. The van der Waals surface area contributed by atoms with E-state index in [4.69, 9.17) is 5.26 Å². The van der Waals surface area contributed by atoms with Crippen LogP contribution >= 0.6 is 0 Å².